The van der Waals surface area contributed by atoms with Crippen LogP contribution in [0.2, 0.25) is 5.02 Å². The number of thioether (sulfide) groups is 1. The van der Waals surface area contributed by atoms with Gasteiger partial charge in [-0.05, 0) is 49.6 Å². The van der Waals surface area contributed by atoms with E-state index >= 15 is 0 Å². The van der Waals surface area contributed by atoms with Gasteiger partial charge in [-0.15, -0.1) is 21.5 Å². The van der Waals surface area contributed by atoms with E-state index in [0.29, 0.717) is 22.3 Å². The van der Waals surface area contributed by atoms with Crippen LogP contribution >= 0.6 is 34.7 Å². The first-order valence-electron chi connectivity index (χ1n) is 11.5. The number of aromatic nitrogens is 5. The van der Waals surface area contributed by atoms with Crippen LogP contribution in [0.3, 0.4) is 0 Å². The number of thiazole rings is 1. The Bertz CT molecular complexity index is 1280. The van der Waals surface area contributed by atoms with Gasteiger partial charge in [0, 0.05) is 41.4 Å². The number of pyridine rings is 1. The third-order valence-electron chi connectivity index (χ3n) is 5.35. The van der Waals surface area contributed by atoms with Gasteiger partial charge in [0.2, 0.25) is 0 Å². The number of hydrogen-bond acceptors (Lipinski definition) is 7. The van der Waals surface area contributed by atoms with Crippen LogP contribution in [0.5, 0.6) is 0 Å². The van der Waals surface area contributed by atoms with Crippen molar-refractivity contribution in [3.8, 4) is 17.1 Å². The first kappa shape index (κ1) is 25.3. The van der Waals surface area contributed by atoms with E-state index in [2.05, 4.69) is 34.0 Å². The number of aryl methyl sites for hydroxylation is 1. The fourth-order valence-corrected chi connectivity index (χ4v) is 5.61. The molecule has 182 valence electrons. The number of rotatable bonds is 10. The summed E-state index contributed by atoms with van der Waals surface area (Å²) in [6.07, 6.45) is 5.33. The molecule has 10 heteroatoms. The minimum atomic E-state index is -0.00103. The molecule has 0 aliphatic heterocycles. The first-order valence-corrected chi connectivity index (χ1v) is 13.7. The van der Waals surface area contributed by atoms with Crippen molar-refractivity contribution in [3.05, 3.63) is 69.4 Å². The van der Waals surface area contributed by atoms with Gasteiger partial charge in [-0.2, -0.15) is 0 Å². The smallest absolute Gasteiger partial charge is 0.273 e. The molecule has 0 saturated heterocycles. The topological polar surface area (TPSA) is 76.8 Å². The molecule has 35 heavy (non-hydrogen) atoms. The summed E-state index contributed by atoms with van der Waals surface area (Å²) in [7, 11) is 0. The number of amides is 1. The number of benzene rings is 1. The molecule has 4 rings (SSSR count). The molecule has 1 aromatic carbocycles. The summed E-state index contributed by atoms with van der Waals surface area (Å²) < 4.78 is 2.02. The Balaban J connectivity index is 1.61. The maximum atomic E-state index is 12.9. The predicted molar refractivity (Wildman–Crippen MR) is 142 cm³/mol. The third-order valence-corrected chi connectivity index (χ3v) is 7.56. The second-order valence-corrected chi connectivity index (χ2v) is 10.3. The highest BCUT2D eigenvalue weighted by Gasteiger charge is 2.20. The Morgan fingerprint density at radius 2 is 1.86 bits per heavy atom. The molecule has 0 aliphatic rings. The molecule has 3 heterocycles. The lowest BCUT2D eigenvalue weighted by Gasteiger charge is -2.20. The molecule has 1 amide bonds. The van der Waals surface area contributed by atoms with E-state index in [0.717, 1.165) is 52.9 Å². The Labute approximate surface area is 218 Å². The van der Waals surface area contributed by atoms with E-state index < -0.39 is 0 Å². The number of halogens is 1. The molecule has 0 spiro atoms. The molecule has 7 nitrogen and oxygen atoms in total. The predicted octanol–water partition coefficient (Wildman–Crippen LogP) is 6.30. The van der Waals surface area contributed by atoms with Crippen LogP contribution in [-0.4, -0.2) is 48.6 Å². The van der Waals surface area contributed by atoms with Crippen molar-refractivity contribution in [2.45, 2.75) is 44.5 Å². The fraction of sp³-hybridized carbons (Fsp3) is 0.320. The second-order valence-electron chi connectivity index (χ2n) is 8.02. The van der Waals surface area contributed by atoms with Gasteiger partial charge < -0.3 is 4.90 Å². The Hall–Kier alpha value is -2.75. The quantitative estimate of drug-likeness (QED) is 0.226. The lowest BCUT2D eigenvalue weighted by molar-refractivity contribution is 0.0750. The summed E-state index contributed by atoms with van der Waals surface area (Å²) in [5.41, 5.74) is 3.40. The van der Waals surface area contributed by atoms with Gasteiger partial charge in [-0.3, -0.25) is 14.3 Å². The second kappa shape index (κ2) is 11.8. The zero-order valence-electron chi connectivity index (χ0n) is 19.9. The highest BCUT2D eigenvalue weighted by atomic mass is 35.5. The van der Waals surface area contributed by atoms with Gasteiger partial charge in [0.25, 0.3) is 5.91 Å². The molecule has 0 atom stereocenters. The molecule has 0 fully saturated rings. The number of carbonyl (C=O) groups is 1. The van der Waals surface area contributed by atoms with Crippen LogP contribution < -0.4 is 0 Å². The van der Waals surface area contributed by atoms with Gasteiger partial charge in [-0.1, -0.05) is 43.3 Å². The highest BCUT2D eigenvalue weighted by molar-refractivity contribution is 7.98. The SMILES string of the molecule is CCCN(CCC)C(=O)c1csc(CSc2nnc(-c3ccncc3)n2-c2cc(Cl)ccc2C)n1. The van der Waals surface area contributed by atoms with E-state index in [1.54, 1.807) is 12.4 Å². The molecule has 4 aromatic rings. The van der Waals surface area contributed by atoms with Crippen LogP contribution in [0.15, 0.2) is 53.3 Å². The summed E-state index contributed by atoms with van der Waals surface area (Å²) in [6.45, 7) is 7.68. The number of nitrogens with zero attached hydrogens (tertiary/aromatic N) is 6. The van der Waals surface area contributed by atoms with Crippen LogP contribution in [0.25, 0.3) is 17.1 Å². The zero-order valence-corrected chi connectivity index (χ0v) is 22.3. The summed E-state index contributed by atoms with van der Waals surface area (Å²) in [5, 5.41) is 13.1. The van der Waals surface area contributed by atoms with E-state index in [-0.39, 0.29) is 5.91 Å². The minimum Gasteiger partial charge on any atom is -0.337 e. The average Bonchev–Trinajstić information content (AvgIpc) is 3.51. The standard InChI is InChI=1S/C25H27ClN6OS2/c1-4-12-31(13-5-2)24(33)20-15-34-22(28-20)16-35-25-30-29-23(18-8-10-27-11-9-18)32(25)21-14-19(26)7-6-17(21)3/h6-11,14-15H,4-5,12-13,16H2,1-3H3. The van der Waals surface area contributed by atoms with E-state index in [4.69, 9.17) is 11.6 Å². The van der Waals surface area contributed by atoms with E-state index in [1.807, 2.05) is 52.1 Å². The molecular formula is C25H27ClN6OS2. The van der Waals surface area contributed by atoms with Gasteiger partial charge in [0.05, 0.1) is 11.4 Å². The van der Waals surface area contributed by atoms with Crippen molar-refractivity contribution in [3.63, 3.8) is 0 Å². The highest BCUT2D eigenvalue weighted by Crippen LogP contribution is 2.32. The summed E-state index contributed by atoms with van der Waals surface area (Å²) in [4.78, 5) is 23.5. The normalized spacial score (nSPS) is 11.1. The maximum absolute atomic E-state index is 12.9. The zero-order chi connectivity index (χ0) is 24.8. The van der Waals surface area contributed by atoms with Crippen molar-refractivity contribution >= 4 is 40.6 Å². The molecule has 3 aromatic heterocycles. The summed E-state index contributed by atoms with van der Waals surface area (Å²) >= 11 is 9.37. The maximum Gasteiger partial charge on any atom is 0.273 e. The Kier molecular flexibility index (Phi) is 8.54. The largest absolute Gasteiger partial charge is 0.337 e. The van der Waals surface area contributed by atoms with Crippen molar-refractivity contribution in [2.75, 3.05) is 13.1 Å². The lowest BCUT2D eigenvalue weighted by Crippen LogP contribution is -2.32. The van der Waals surface area contributed by atoms with E-state index in [1.165, 1.54) is 23.1 Å². The summed E-state index contributed by atoms with van der Waals surface area (Å²) in [5.74, 6) is 1.29. The van der Waals surface area contributed by atoms with Crippen LogP contribution in [0.4, 0.5) is 0 Å². The minimum absolute atomic E-state index is 0.00103. The van der Waals surface area contributed by atoms with E-state index in [9.17, 15) is 4.79 Å². The molecule has 0 saturated carbocycles. The Morgan fingerprint density at radius 3 is 2.57 bits per heavy atom. The van der Waals surface area contributed by atoms with Crippen LogP contribution in [-0.2, 0) is 5.75 Å². The third kappa shape index (κ3) is 5.91. The van der Waals surface area contributed by atoms with Crippen molar-refractivity contribution in [1.82, 2.24) is 29.6 Å². The first-order chi connectivity index (χ1) is 17.0. The molecule has 0 N–H and O–H groups in total. The van der Waals surface area contributed by atoms with Crippen molar-refractivity contribution < 1.29 is 4.79 Å². The average molecular weight is 527 g/mol. The Morgan fingerprint density at radius 1 is 1.11 bits per heavy atom. The van der Waals surface area contributed by atoms with Gasteiger partial charge >= 0.3 is 0 Å². The van der Waals surface area contributed by atoms with Gasteiger partial charge in [0.15, 0.2) is 11.0 Å². The monoisotopic (exact) mass is 526 g/mol. The molecule has 0 unspecified atom stereocenters. The summed E-state index contributed by atoms with van der Waals surface area (Å²) in [6, 6.07) is 9.60. The molecule has 0 bridgehead atoms. The molecule has 0 aliphatic carbocycles. The van der Waals surface area contributed by atoms with Gasteiger partial charge in [0.1, 0.15) is 10.7 Å². The lowest BCUT2D eigenvalue weighted by atomic mass is 10.2. The van der Waals surface area contributed by atoms with Crippen LogP contribution in [0, 0.1) is 6.92 Å². The fourth-order valence-electron chi connectivity index (χ4n) is 3.71. The molecule has 0 radical (unpaired) electrons. The number of carbonyl (C=O) groups excluding carboxylic acids is 1. The van der Waals surface area contributed by atoms with Crippen molar-refractivity contribution in [2.24, 2.45) is 0 Å². The number of hydrogen-bond donors (Lipinski definition) is 0. The van der Waals surface area contributed by atoms with Crippen LogP contribution in [0.1, 0.15) is 47.7 Å². The van der Waals surface area contributed by atoms with Crippen molar-refractivity contribution in [1.29, 1.82) is 0 Å². The van der Waals surface area contributed by atoms with Gasteiger partial charge in [-0.25, -0.2) is 4.98 Å². The molecular weight excluding hydrogens is 500 g/mol.